The molecule has 1 rings (SSSR count). The molecule has 1 heterocycles. The van der Waals surface area contributed by atoms with Gasteiger partial charge >= 0.3 is 5.97 Å². The smallest absolute Gasteiger partial charge is 0.332 e. The molecule has 1 aliphatic rings. The van der Waals surface area contributed by atoms with Gasteiger partial charge in [0, 0.05) is 5.41 Å². The molecule has 0 aromatic heterocycles. The van der Waals surface area contributed by atoms with Gasteiger partial charge in [-0.05, 0) is 6.92 Å². The molecule has 76 valence electrons. The van der Waals surface area contributed by atoms with E-state index in [0.29, 0.717) is 13.2 Å². The van der Waals surface area contributed by atoms with Crippen LogP contribution in [0.1, 0.15) is 13.8 Å². The summed E-state index contributed by atoms with van der Waals surface area (Å²) in [5.74, 6) is -0.300. The first-order chi connectivity index (χ1) is 6.16. The minimum atomic E-state index is -0.300. The van der Waals surface area contributed by atoms with Crippen molar-refractivity contribution in [3.8, 4) is 0 Å². The van der Waals surface area contributed by atoms with Crippen LogP contribution in [0.5, 0.6) is 0 Å². The lowest BCUT2D eigenvalue weighted by molar-refractivity contribution is -0.160. The summed E-state index contributed by atoms with van der Waals surface area (Å²) in [6.45, 7) is 6.30. The summed E-state index contributed by atoms with van der Waals surface area (Å²) in [5.41, 5.74) is 0.104. The molecule has 0 N–H and O–H groups in total. The SMILES string of the molecule is CCOC(=O)COCC1(C)COC1. The minimum Gasteiger partial charge on any atom is -0.464 e. The number of carbonyl (C=O) groups excluding carboxylic acids is 1. The van der Waals surface area contributed by atoms with Crippen LogP contribution < -0.4 is 0 Å². The number of rotatable bonds is 5. The fraction of sp³-hybridized carbons (Fsp3) is 0.889. The van der Waals surface area contributed by atoms with Gasteiger partial charge in [0.25, 0.3) is 0 Å². The van der Waals surface area contributed by atoms with E-state index in [4.69, 9.17) is 14.2 Å². The summed E-state index contributed by atoms with van der Waals surface area (Å²) in [6.07, 6.45) is 0. The van der Waals surface area contributed by atoms with Crippen LogP contribution in [0.2, 0.25) is 0 Å². The van der Waals surface area contributed by atoms with Crippen molar-refractivity contribution >= 4 is 5.97 Å². The Morgan fingerprint density at radius 2 is 2.23 bits per heavy atom. The molecule has 1 saturated heterocycles. The first-order valence-corrected chi connectivity index (χ1v) is 4.47. The van der Waals surface area contributed by atoms with Crippen LogP contribution in [0.3, 0.4) is 0 Å². The molecule has 0 aliphatic carbocycles. The Hall–Kier alpha value is -0.610. The van der Waals surface area contributed by atoms with E-state index < -0.39 is 0 Å². The normalized spacial score (nSPS) is 19.2. The van der Waals surface area contributed by atoms with Crippen molar-refractivity contribution in [3.05, 3.63) is 0 Å². The highest BCUT2D eigenvalue weighted by Crippen LogP contribution is 2.26. The van der Waals surface area contributed by atoms with Crippen molar-refractivity contribution < 1.29 is 19.0 Å². The third-order valence-electron chi connectivity index (χ3n) is 1.88. The fourth-order valence-corrected chi connectivity index (χ4v) is 1.12. The van der Waals surface area contributed by atoms with Gasteiger partial charge in [-0.15, -0.1) is 0 Å². The van der Waals surface area contributed by atoms with E-state index in [9.17, 15) is 4.79 Å². The Morgan fingerprint density at radius 1 is 1.54 bits per heavy atom. The third-order valence-corrected chi connectivity index (χ3v) is 1.88. The molecule has 0 saturated carbocycles. The lowest BCUT2D eigenvalue weighted by Gasteiger charge is -2.37. The van der Waals surface area contributed by atoms with Gasteiger partial charge in [0.2, 0.25) is 0 Å². The van der Waals surface area contributed by atoms with E-state index in [2.05, 4.69) is 6.92 Å². The molecule has 0 aromatic carbocycles. The zero-order valence-corrected chi connectivity index (χ0v) is 8.17. The van der Waals surface area contributed by atoms with Crippen LogP contribution in [-0.4, -0.2) is 39.0 Å². The number of ether oxygens (including phenoxy) is 3. The van der Waals surface area contributed by atoms with Crippen molar-refractivity contribution in [1.29, 1.82) is 0 Å². The summed E-state index contributed by atoms with van der Waals surface area (Å²) < 4.78 is 15.0. The molecule has 4 heteroatoms. The van der Waals surface area contributed by atoms with Crippen molar-refractivity contribution in [2.45, 2.75) is 13.8 Å². The second-order valence-electron chi connectivity index (χ2n) is 3.60. The lowest BCUT2D eigenvalue weighted by atomic mass is 9.90. The van der Waals surface area contributed by atoms with Gasteiger partial charge in [-0.25, -0.2) is 4.79 Å². The maximum absolute atomic E-state index is 10.9. The van der Waals surface area contributed by atoms with Crippen molar-refractivity contribution in [3.63, 3.8) is 0 Å². The topological polar surface area (TPSA) is 44.8 Å². The largest absolute Gasteiger partial charge is 0.464 e. The highest BCUT2D eigenvalue weighted by molar-refractivity contribution is 5.70. The Kier molecular flexibility index (Phi) is 3.69. The van der Waals surface area contributed by atoms with Crippen LogP contribution in [0.15, 0.2) is 0 Å². The summed E-state index contributed by atoms with van der Waals surface area (Å²) in [5, 5.41) is 0. The summed E-state index contributed by atoms with van der Waals surface area (Å²) in [4.78, 5) is 10.9. The monoisotopic (exact) mass is 188 g/mol. The zero-order chi connectivity index (χ0) is 9.73. The second kappa shape index (κ2) is 4.58. The van der Waals surface area contributed by atoms with Gasteiger partial charge in [0.15, 0.2) is 0 Å². The van der Waals surface area contributed by atoms with Crippen molar-refractivity contribution in [1.82, 2.24) is 0 Å². The standard InChI is InChI=1S/C9H16O4/c1-3-13-8(10)4-11-5-9(2)6-12-7-9/h3-7H2,1-2H3. The van der Waals surface area contributed by atoms with E-state index in [0.717, 1.165) is 13.2 Å². The van der Waals surface area contributed by atoms with E-state index in [1.807, 2.05) is 0 Å². The molecule has 1 fully saturated rings. The van der Waals surface area contributed by atoms with Crippen molar-refractivity contribution in [2.75, 3.05) is 33.0 Å². The van der Waals surface area contributed by atoms with E-state index >= 15 is 0 Å². The predicted molar refractivity (Wildman–Crippen MR) is 46.4 cm³/mol. The minimum absolute atomic E-state index is 0.0451. The fourth-order valence-electron chi connectivity index (χ4n) is 1.12. The molecule has 0 radical (unpaired) electrons. The Labute approximate surface area is 78.2 Å². The molecule has 0 aromatic rings. The summed E-state index contributed by atoms with van der Waals surface area (Å²) in [7, 11) is 0. The molecule has 0 amide bonds. The van der Waals surface area contributed by atoms with Gasteiger partial charge in [-0.3, -0.25) is 0 Å². The molecule has 0 unspecified atom stereocenters. The van der Waals surface area contributed by atoms with Gasteiger partial charge in [-0.2, -0.15) is 0 Å². The molecule has 0 spiro atoms. The van der Waals surface area contributed by atoms with E-state index in [1.54, 1.807) is 6.92 Å². The van der Waals surface area contributed by atoms with Crippen LogP contribution >= 0.6 is 0 Å². The maximum Gasteiger partial charge on any atom is 0.332 e. The Balaban J connectivity index is 2.03. The summed E-state index contributed by atoms with van der Waals surface area (Å²) in [6, 6.07) is 0. The van der Waals surface area contributed by atoms with Crippen LogP contribution in [0.4, 0.5) is 0 Å². The zero-order valence-electron chi connectivity index (χ0n) is 8.17. The number of carbonyl (C=O) groups is 1. The number of hydrogen-bond acceptors (Lipinski definition) is 4. The molecule has 13 heavy (non-hydrogen) atoms. The average molecular weight is 188 g/mol. The highest BCUT2D eigenvalue weighted by Gasteiger charge is 2.33. The average Bonchev–Trinajstić information content (AvgIpc) is 2.02. The van der Waals surface area contributed by atoms with Gasteiger partial charge in [-0.1, -0.05) is 6.92 Å². The molecule has 1 aliphatic heterocycles. The van der Waals surface area contributed by atoms with Gasteiger partial charge in [0.1, 0.15) is 6.61 Å². The first-order valence-electron chi connectivity index (χ1n) is 4.47. The van der Waals surface area contributed by atoms with Crippen LogP contribution in [0, 0.1) is 5.41 Å². The molecular formula is C9H16O4. The quantitative estimate of drug-likeness (QED) is 0.593. The van der Waals surface area contributed by atoms with Gasteiger partial charge < -0.3 is 14.2 Å². The van der Waals surface area contributed by atoms with E-state index in [1.165, 1.54) is 0 Å². The van der Waals surface area contributed by atoms with Crippen LogP contribution in [0.25, 0.3) is 0 Å². The predicted octanol–water partition coefficient (Wildman–Crippen LogP) is 0.603. The second-order valence-corrected chi connectivity index (χ2v) is 3.60. The van der Waals surface area contributed by atoms with Crippen LogP contribution in [-0.2, 0) is 19.0 Å². The highest BCUT2D eigenvalue weighted by atomic mass is 16.6. The summed E-state index contributed by atoms with van der Waals surface area (Å²) >= 11 is 0. The molecular weight excluding hydrogens is 172 g/mol. The third kappa shape index (κ3) is 3.32. The molecule has 4 nitrogen and oxygen atoms in total. The molecule has 0 bridgehead atoms. The molecule has 0 atom stereocenters. The first kappa shape index (κ1) is 10.5. The Morgan fingerprint density at radius 3 is 2.69 bits per heavy atom. The van der Waals surface area contributed by atoms with E-state index in [-0.39, 0.29) is 18.0 Å². The number of hydrogen-bond donors (Lipinski definition) is 0. The van der Waals surface area contributed by atoms with Gasteiger partial charge in [0.05, 0.1) is 26.4 Å². The number of esters is 1. The maximum atomic E-state index is 10.9. The Bertz CT molecular complexity index is 174. The lowest BCUT2D eigenvalue weighted by Crippen LogP contribution is -2.43. The van der Waals surface area contributed by atoms with Crippen molar-refractivity contribution in [2.24, 2.45) is 5.41 Å².